The molecular formula is C24H31F3N6O2S. The molecule has 0 bridgehead atoms. The number of nitrogens with one attached hydrogen (secondary N) is 1. The van der Waals surface area contributed by atoms with Crippen molar-refractivity contribution in [1.82, 2.24) is 24.5 Å². The topological polar surface area (TPSA) is 104 Å². The molecular weight excluding hydrogens is 493 g/mol. The molecule has 4 rings (SSSR count). The van der Waals surface area contributed by atoms with E-state index < -0.39 is 22.5 Å². The van der Waals surface area contributed by atoms with E-state index in [0.29, 0.717) is 37.4 Å². The van der Waals surface area contributed by atoms with Crippen molar-refractivity contribution in [2.45, 2.75) is 43.8 Å². The molecule has 8 nitrogen and oxygen atoms in total. The third-order valence-electron chi connectivity index (χ3n) is 6.96. The first-order valence-electron chi connectivity index (χ1n) is 12.1. The Bertz CT molecular complexity index is 1040. The van der Waals surface area contributed by atoms with E-state index in [-0.39, 0.29) is 17.7 Å². The quantitative estimate of drug-likeness (QED) is 0.577. The van der Waals surface area contributed by atoms with Crippen molar-refractivity contribution in [3.8, 4) is 0 Å². The van der Waals surface area contributed by atoms with Crippen LogP contribution in [-0.2, 0) is 22.3 Å². The van der Waals surface area contributed by atoms with Crippen LogP contribution in [0.25, 0.3) is 0 Å². The summed E-state index contributed by atoms with van der Waals surface area (Å²) >= 11 is 0. The number of amides is 1. The molecule has 0 aliphatic carbocycles. The number of nitrogens with two attached hydrogens (primary N) is 1. The van der Waals surface area contributed by atoms with E-state index in [1.165, 1.54) is 6.20 Å². The zero-order chi connectivity index (χ0) is 25.7. The van der Waals surface area contributed by atoms with Crippen LogP contribution in [0.4, 0.5) is 19.0 Å². The summed E-state index contributed by atoms with van der Waals surface area (Å²) in [6.07, 6.45) is 5.76. The number of hydrogen-bond acceptors (Lipinski definition) is 6. The lowest BCUT2D eigenvalue weighted by Gasteiger charge is -2.39. The van der Waals surface area contributed by atoms with Crippen LogP contribution >= 0.6 is 0 Å². The zero-order valence-corrected chi connectivity index (χ0v) is 20.7. The van der Waals surface area contributed by atoms with E-state index in [4.69, 9.17) is 5.73 Å². The summed E-state index contributed by atoms with van der Waals surface area (Å²) in [6, 6.07) is 8.00. The van der Waals surface area contributed by atoms with Crippen molar-refractivity contribution in [3.63, 3.8) is 0 Å². The summed E-state index contributed by atoms with van der Waals surface area (Å²) in [7, 11) is -3.20. The Balaban J connectivity index is 1.30. The van der Waals surface area contributed by atoms with Gasteiger partial charge in [0, 0.05) is 37.9 Å². The summed E-state index contributed by atoms with van der Waals surface area (Å²) in [5.41, 5.74) is 2.42. The van der Waals surface area contributed by atoms with Crippen molar-refractivity contribution in [3.05, 3.63) is 54.0 Å². The highest BCUT2D eigenvalue weighted by molar-refractivity contribution is 7.83. The van der Waals surface area contributed by atoms with Gasteiger partial charge in [0.05, 0.1) is 11.7 Å². The van der Waals surface area contributed by atoms with Gasteiger partial charge in [0.1, 0.15) is 5.82 Å². The number of aromatic nitrogens is 2. The van der Waals surface area contributed by atoms with Crippen LogP contribution in [0.15, 0.2) is 42.7 Å². The molecule has 0 saturated carbocycles. The lowest BCUT2D eigenvalue weighted by Crippen LogP contribution is -2.47. The molecule has 2 aliphatic rings. The third kappa shape index (κ3) is 6.80. The van der Waals surface area contributed by atoms with Crippen LogP contribution in [-0.4, -0.2) is 61.6 Å². The molecule has 2 unspecified atom stereocenters. The average Bonchev–Trinajstić information content (AvgIpc) is 2.87. The van der Waals surface area contributed by atoms with Crippen LogP contribution in [0.2, 0.25) is 0 Å². The van der Waals surface area contributed by atoms with Gasteiger partial charge in [0.2, 0.25) is 5.91 Å². The van der Waals surface area contributed by atoms with Crippen LogP contribution in [0.1, 0.15) is 43.0 Å². The number of pyridine rings is 2. The Morgan fingerprint density at radius 3 is 2.42 bits per heavy atom. The van der Waals surface area contributed by atoms with Crippen molar-refractivity contribution in [2.75, 3.05) is 31.9 Å². The Labute approximate surface area is 211 Å². The fraction of sp³-hybridized carbons (Fsp3) is 0.542. The number of anilines is 1. The molecule has 2 aromatic heterocycles. The van der Waals surface area contributed by atoms with Crippen LogP contribution in [0, 0.1) is 11.8 Å². The molecule has 0 aromatic carbocycles. The lowest BCUT2D eigenvalue weighted by atomic mass is 9.86. The number of carbonyl (C=O) groups excluding carboxylic acids is 1. The fourth-order valence-corrected chi connectivity index (χ4v) is 5.72. The molecule has 2 aliphatic heterocycles. The smallest absolute Gasteiger partial charge is 0.384 e. The molecule has 2 atom stereocenters. The van der Waals surface area contributed by atoms with Gasteiger partial charge < -0.3 is 10.6 Å². The second kappa shape index (κ2) is 11.7. The standard InChI is InChI=1S/C24H31F3N6O2S/c25-24(26,27)36(35)31-22(20-3-1-2-9-29-20)18-7-13-33(14-8-18)23(34)19-5-11-32(12-6-19)16-17-4-10-30-21(28)15-17/h1-4,9-10,15,18-19,22,31H,5-8,11-14,16H2,(H2,28,30). The predicted octanol–water partition coefficient (Wildman–Crippen LogP) is 3.02. The fourth-order valence-electron chi connectivity index (χ4n) is 5.04. The number of hydrogen-bond donors (Lipinski definition) is 2. The first kappa shape index (κ1) is 26.5. The number of likely N-dealkylation sites (tertiary alicyclic amines) is 2. The van der Waals surface area contributed by atoms with Gasteiger partial charge in [-0.05, 0) is 74.5 Å². The van der Waals surface area contributed by atoms with Gasteiger partial charge in [-0.25, -0.2) is 13.9 Å². The van der Waals surface area contributed by atoms with E-state index >= 15 is 0 Å². The largest absolute Gasteiger partial charge is 0.485 e. The van der Waals surface area contributed by atoms with E-state index in [9.17, 15) is 22.2 Å². The van der Waals surface area contributed by atoms with Gasteiger partial charge in [-0.1, -0.05) is 6.07 Å². The summed E-state index contributed by atoms with van der Waals surface area (Å²) in [5.74, 6) is 0.334. The minimum Gasteiger partial charge on any atom is -0.384 e. The summed E-state index contributed by atoms with van der Waals surface area (Å²) in [6.45, 7) is 3.31. The molecule has 3 N–H and O–H groups in total. The molecule has 2 fully saturated rings. The van der Waals surface area contributed by atoms with E-state index in [2.05, 4.69) is 19.6 Å². The number of nitrogen functional groups attached to an aromatic ring is 1. The third-order valence-corrected chi connectivity index (χ3v) is 7.85. The second-order valence-electron chi connectivity index (χ2n) is 9.37. The average molecular weight is 525 g/mol. The Morgan fingerprint density at radius 1 is 1.08 bits per heavy atom. The van der Waals surface area contributed by atoms with E-state index in [1.807, 2.05) is 17.0 Å². The van der Waals surface area contributed by atoms with Gasteiger partial charge in [-0.15, -0.1) is 0 Å². The highest BCUT2D eigenvalue weighted by Crippen LogP contribution is 2.33. The van der Waals surface area contributed by atoms with Gasteiger partial charge in [-0.2, -0.15) is 13.2 Å². The van der Waals surface area contributed by atoms with Crippen molar-refractivity contribution in [2.24, 2.45) is 11.8 Å². The number of piperidine rings is 2. The maximum Gasteiger partial charge on any atom is 0.485 e. The monoisotopic (exact) mass is 524 g/mol. The van der Waals surface area contributed by atoms with Crippen LogP contribution in [0.5, 0.6) is 0 Å². The highest BCUT2D eigenvalue weighted by atomic mass is 32.2. The Hall–Kier alpha value is -2.57. The minimum atomic E-state index is -4.86. The van der Waals surface area contributed by atoms with Crippen molar-refractivity contribution < 1.29 is 22.2 Å². The first-order chi connectivity index (χ1) is 17.2. The number of carbonyl (C=O) groups is 1. The normalized spacial score (nSPS) is 20.2. The van der Waals surface area contributed by atoms with Gasteiger partial charge >= 0.3 is 5.51 Å². The molecule has 0 radical (unpaired) electrons. The number of halogens is 3. The highest BCUT2D eigenvalue weighted by Gasteiger charge is 2.41. The molecule has 2 saturated heterocycles. The van der Waals surface area contributed by atoms with Crippen LogP contribution < -0.4 is 10.5 Å². The SMILES string of the molecule is Nc1cc(CN2CCC(C(=O)N3CCC(C(NS(=O)C(F)(F)F)c4ccccn4)CC3)CC2)ccn1. The Kier molecular flexibility index (Phi) is 8.58. The summed E-state index contributed by atoms with van der Waals surface area (Å²) in [5, 5.41) is 0. The zero-order valence-electron chi connectivity index (χ0n) is 19.9. The first-order valence-corrected chi connectivity index (χ1v) is 13.2. The van der Waals surface area contributed by atoms with Crippen molar-refractivity contribution >= 4 is 22.7 Å². The number of rotatable bonds is 7. The van der Waals surface area contributed by atoms with Gasteiger partial charge in [0.25, 0.3) is 0 Å². The maximum absolute atomic E-state index is 13.2. The van der Waals surface area contributed by atoms with Gasteiger partial charge in [-0.3, -0.25) is 14.7 Å². The van der Waals surface area contributed by atoms with E-state index in [1.54, 1.807) is 24.4 Å². The molecule has 2 aromatic rings. The van der Waals surface area contributed by atoms with Crippen LogP contribution in [0.3, 0.4) is 0 Å². The lowest BCUT2D eigenvalue weighted by molar-refractivity contribution is -0.138. The predicted molar refractivity (Wildman–Crippen MR) is 130 cm³/mol. The van der Waals surface area contributed by atoms with E-state index in [0.717, 1.165) is 38.0 Å². The molecule has 1 amide bonds. The minimum absolute atomic E-state index is 0.0530. The maximum atomic E-state index is 13.2. The van der Waals surface area contributed by atoms with Gasteiger partial charge in [0.15, 0.2) is 11.0 Å². The summed E-state index contributed by atoms with van der Waals surface area (Å²) in [4.78, 5) is 25.5. The number of nitrogens with zero attached hydrogens (tertiary/aromatic N) is 4. The second-order valence-corrected chi connectivity index (χ2v) is 10.6. The van der Waals surface area contributed by atoms with Crippen molar-refractivity contribution in [1.29, 1.82) is 0 Å². The number of alkyl halides is 3. The molecule has 12 heteroatoms. The Morgan fingerprint density at radius 2 is 1.81 bits per heavy atom. The summed E-state index contributed by atoms with van der Waals surface area (Å²) < 4.78 is 53.0. The molecule has 36 heavy (non-hydrogen) atoms. The molecule has 0 spiro atoms. The molecule has 4 heterocycles. The molecule has 196 valence electrons.